The van der Waals surface area contributed by atoms with Crippen LogP contribution in [0.4, 0.5) is 0 Å². The summed E-state index contributed by atoms with van der Waals surface area (Å²) in [6.07, 6.45) is 7.72. The third kappa shape index (κ3) is 1.75. The summed E-state index contributed by atoms with van der Waals surface area (Å²) in [7, 11) is 0. The van der Waals surface area contributed by atoms with Gasteiger partial charge in [-0.2, -0.15) is 0 Å². The molecule has 1 aromatic heterocycles. The molecule has 0 saturated heterocycles. The molecule has 1 aliphatic rings. The van der Waals surface area contributed by atoms with Crippen molar-refractivity contribution in [2.24, 2.45) is 0 Å². The van der Waals surface area contributed by atoms with Crippen LogP contribution in [0, 0.1) is 0 Å². The Bertz CT molecular complexity index is 504. The summed E-state index contributed by atoms with van der Waals surface area (Å²) < 4.78 is 0. The van der Waals surface area contributed by atoms with Crippen molar-refractivity contribution in [1.29, 1.82) is 0 Å². The number of hydrogen-bond donors (Lipinski definition) is 0. The van der Waals surface area contributed by atoms with Crippen LogP contribution in [0.15, 0.2) is 36.7 Å². The van der Waals surface area contributed by atoms with Gasteiger partial charge in [0.15, 0.2) is 0 Å². The molecular weight excluding hydrogens is 262 g/mol. The number of aromatic nitrogens is 1. The van der Waals surface area contributed by atoms with Crippen LogP contribution in [0.25, 0.3) is 10.8 Å². The molecule has 2 atom stereocenters. The first kappa shape index (κ1) is 10.3. The van der Waals surface area contributed by atoms with Crippen LogP contribution in [0.2, 0.25) is 0 Å². The minimum atomic E-state index is 0.703. The predicted molar refractivity (Wildman–Crippen MR) is 71.1 cm³/mol. The highest BCUT2D eigenvalue weighted by Gasteiger charge is 2.24. The first-order chi connectivity index (χ1) is 7.84. The lowest BCUT2D eigenvalue weighted by molar-refractivity contribution is 0.732. The third-order valence-electron chi connectivity index (χ3n) is 3.52. The summed E-state index contributed by atoms with van der Waals surface area (Å²) in [4.78, 5) is 4.89. The second-order valence-electron chi connectivity index (χ2n) is 4.55. The summed E-state index contributed by atoms with van der Waals surface area (Å²) in [6, 6.07) is 8.72. The molecule has 1 aliphatic carbocycles. The van der Waals surface area contributed by atoms with Crippen LogP contribution in [0.5, 0.6) is 0 Å². The van der Waals surface area contributed by atoms with Gasteiger partial charge in [-0.05, 0) is 42.2 Å². The fourth-order valence-electron chi connectivity index (χ4n) is 2.71. The van der Waals surface area contributed by atoms with Gasteiger partial charge in [-0.3, -0.25) is 4.98 Å². The Balaban J connectivity index is 2.09. The van der Waals surface area contributed by atoms with Crippen LogP contribution >= 0.6 is 15.9 Å². The number of alkyl halides is 1. The van der Waals surface area contributed by atoms with E-state index >= 15 is 0 Å². The molecule has 0 N–H and O–H groups in total. The lowest BCUT2D eigenvalue weighted by Gasteiger charge is -2.12. The second-order valence-corrected chi connectivity index (χ2v) is 5.85. The van der Waals surface area contributed by atoms with E-state index in [1.165, 1.54) is 35.6 Å². The van der Waals surface area contributed by atoms with Gasteiger partial charge in [0.25, 0.3) is 0 Å². The Morgan fingerprint density at radius 2 is 2.12 bits per heavy atom. The first-order valence-electron chi connectivity index (χ1n) is 5.81. The van der Waals surface area contributed by atoms with Crippen molar-refractivity contribution in [2.75, 3.05) is 0 Å². The predicted octanol–water partition coefficient (Wildman–Crippen LogP) is 4.27. The van der Waals surface area contributed by atoms with Gasteiger partial charge in [0.05, 0.1) is 0 Å². The quantitative estimate of drug-likeness (QED) is 0.709. The Hall–Kier alpha value is -0.890. The van der Waals surface area contributed by atoms with Gasteiger partial charge >= 0.3 is 0 Å². The van der Waals surface area contributed by atoms with Gasteiger partial charge in [-0.25, -0.2) is 0 Å². The molecule has 0 bridgehead atoms. The Kier molecular flexibility index (Phi) is 2.68. The number of benzene rings is 1. The molecule has 3 rings (SSSR count). The van der Waals surface area contributed by atoms with Crippen molar-refractivity contribution in [1.82, 2.24) is 4.98 Å². The van der Waals surface area contributed by atoms with Crippen LogP contribution in [0.1, 0.15) is 30.7 Å². The fourth-order valence-corrected chi connectivity index (χ4v) is 3.43. The van der Waals surface area contributed by atoms with Crippen molar-refractivity contribution >= 4 is 26.7 Å². The number of hydrogen-bond acceptors (Lipinski definition) is 1. The highest BCUT2D eigenvalue weighted by Crippen LogP contribution is 2.40. The second kappa shape index (κ2) is 4.17. The summed E-state index contributed by atoms with van der Waals surface area (Å²) in [5.41, 5.74) is 1.50. The minimum absolute atomic E-state index is 0.703. The maximum Gasteiger partial charge on any atom is 0.0346 e. The lowest BCUT2D eigenvalue weighted by Crippen LogP contribution is -1.95. The zero-order valence-electron chi connectivity index (χ0n) is 9.07. The van der Waals surface area contributed by atoms with E-state index in [-0.39, 0.29) is 0 Å². The average Bonchev–Trinajstić information content (AvgIpc) is 2.75. The third-order valence-corrected chi connectivity index (χ3v) is 4.35. The molecule has 1 aromatic carbocycles. The molecular formula is C14H14BrN. The van der Waals surface area contributed by atoms with Crippen molar-refractivity contribution in [3.05, 3.63) is 42.2 Å². The van der Waals surface area contributed by atoms with Gasteiger partial charge in [0.2, 0.25) is 0 Å². The maximum atomic E-state index is 4.19. The van der Waals surface area contributed by atoms with Gasteiger partial charge in [-0.1, -0.05) is 34.1 Å². The van der Waals surface area contributed by atoms with Gasteiger partial charge in [0, 0.05) is 22.6 Å². The average molecular weight is 276 g/mol. The van der Waals surface area contributed by atoms with Crippen molar-refractivity contribution in [2.45, 2.75) is 30.0 Å². The Morgan fingerprint density at radius 1 is 1.19 bits per heavy atom. The molecule has 2 heteroatoms. The largest absolute Gasteiger partial charge is 0.264 e. The molecule has 82 valence electrons. The standard InChI is InChI=1S/C14H14BrN/c15-12-5-4-10(8-12)13-3-1-2-11-9-16-7-6-14(11)13/h1-3,6-7,9-10,12H,4-5,8H2. The summed E-state index contributed by atoms with van der Waals surface area (Å²) in [5, 5.41) is 2.64. The van der Waals surface area contributed by atoms with Crippen LogP contribution in [-0.4, -0.2) is 9.81 Å². The Morgan fingerprint density at radius 3 is 2.94 bits per heavy atom. The van der Waals surface area contributed by atoms with Crippen LogP contribution < -0.4 is 0 Å². The van der Waals surface area contributed by atoms with Crippen molar-refractivity contribution in [3.63, 3.8) is 0 Å². The maximum absolute atomic E-state index is 4.19. The Labute approximate surface area is 104 Å². The molecule has 2 aromatic rings. The summed E-state index contributed by atoms with van der Waals surface area (Å²) in [5.74, 6) is 0.718. The molecule has 1 saturated carbocycles. The zero-order valence-corrected chi connectivity index (χ0v) is 10.7. The first-order valence-corrected chi connectivity index (χ1v) is 6.73. The molecule has 1 fully saturated rings. The van der Waals surface area contributed by atoms with Crippen molar-refractivity contribution < 1.29 is 0 Å². The fraction of sp³-hybridized carbons (Fsp3) is 0.357. The highest BCUT2D eigenvalue weighted by atomic mass is 79.9. The van der Waals surface area contributed by atoms with E-state index in [2.05, 4.69) is 45.2 Å². The number of fused-ring (bicyclic) bond motifs is 1. The van der Waals surface area contributed by atoms with Crippen molar-refractivity contribution in [3.8, 4) is 0 Å². The number of halogens is 1. The topological polar surface area (TPSA) is 12.9 Å². The molecule has 1 heterocycles. The normalized spacial score (nSPS) is 25.1. The molecule has 2 unspecified atom stereocenters. The van der Waals surface area contributed by atoms with Crippen LogP contribution in [0.3, 0.4) is 0 Å². The number of pyridine rings is 1. The van der Waals surface area contributed by atoms with E-state index in [1.54, 1.807) is 0 Å². The zero-order chi connectivity index (χ0) is 11.0. The minimum Gasteiger partial charge on any atom is -0.264 e. The van der Waals surface area contributed by atoms with E-state index in [1.807, 2.05) is 12.4 Å². The van der Waals surface area contributed by atoms with Gasteiger partial charge < -0.3 is 0 Å². The summed E-state index contributed by atoms with van der Waals surface area (Å²) >= 11 is 3.73. The molecule has 1 nitrogen and oxygen atoms in total. The lowest BCUT2D eigenvalue weighted by atomic mass is 9.93. The molecule has 16 heavy (non-hydrogen) atoms. The van der Waals surface area contributed by atoms with E-state index in [0.29, 0.717) is 4.83 Å². The molecule has 0 amide bonds. The SMILES string of the molecule is BrC1CCC(c2cccc3cnccc23)C1. The molecule has 0 spiro atoms. The van der Waals surface area contributed by atoms with Gasteiger partial charge in [-0.15, -0.1) is 0 Å². The molecule has 0 aliphatic heterocycles. The van der Waals surface area contributed by atoms with E-state index in [0.717, 1.165) is 5.92 Å². The smallest absolute Gasteiger partial charge is 0.0346 e. The van der Waals surface area contributed by atoms with E-state index < -0.39 is 0 Å². The van der Waals surface area contributed by atoms with E-state index in [4.69, 9.17) is 0 Å². The molecule has 0 radical (unpaired) electrons. The highest BCUT2D eigenvalue weighted by molar-refractivity contribution is 9.09. The van der Waals surface area contributed by atoms with Gasteiger partial charge in [0.1, 0.15) is 0 Å². The number of nitrogens with zero attached hydrogens (tertiary/aromatic N) is 1. The van der Waals surface area contributed by atoms with E-state index in [9.17, 15) is 0 Å². The summed E-state index contributed by atoms with van der Waals surface area (Å²) in [6.45, 7) is 0. The monoisotopic (exact) mass is 275 g/mol. The number of rotatable bonds is 1. The van der Waals surface area contributed by atoms with Crippen LogP contribution in [-0.2, 0) is 0 Å².